The average Bonchev–Trinajstić information content (AvgIpc) is 2.58. The molecule has 0 aliphatic carbocycles. The van der Waals surface area contributed by atoms with Gasteiger partial charge in [0.2, 0.25) is 0 Å². The first-order chi connectivity index (χ1) is 11.9. The van der Waals surface area contributed by atoms with E-state index in [1.165, 1.54) is 5.56 Å². The Morgan fingerprint density at radius 2 is 1.96 bits per heavy atom. The molecule has 0 aliphatic heterocycles. The zero-order chi connectivity index (χ0) is 18.7. The first-order valence-corrected chi connectivity index (χ1v) is 11.5. The van der Waals surface area contributed by atoms with Gasteiger partial charge in [0.25, 0.3) is 0 Å². The smallest absolute Gasteiger partial charge is 0.191 e. The number of hydrogen-bond donors (Lipinski definition) is 2. The minimum atomic E-state index is -2.96. The molecule has 0 radical (unpaired) electrons. The highest BCUT2D eigenvalue weighted by Gasteiger charge is 2.10. The molecule has 1 aromatic carbocycles. The van der Waals surface area contributed by atoms with E-state index < -0.39 is 9.84 Å². The summed E-state index contributed by atoms with van der Waals surface area (Å²) in [5.74, 6) is 1.43. The van der Waals surface area contributed by atoms with Crippen molar-refractivity contribution in [2.45, 2.75) is 33.6 Å². The minimum Gasteiger partial charge on any atom is -0.357 e. The van der Waals surface area contributed by atoms with Crippen LogP contribution in [0.3, 0.4) is 0 Å². The van der Waals surface area contributed by atoms with Crippen LogP contribution in [-0.4, -0.2) is 45.5 Å². The van der Waals surface area contributed by atoms with Gasteiger partial charge in [-0.15, -0.1) is 24.0 Å². The number of benzene rings is 1. The van der Waals surface area contributed by atoms with Crippen LogP contribution < -0.4 is 10.6 Å². The van der Waals surface area contributed by atoms with Crippen LogP contribution in [0.1, 0.15) is 32.8 Å². The van der Waals surface area contributed by atoms with E-state index in [1.54, 1.807) is 6.92 Å². The van der Waals surface area contributed by atoms with E-state index in [-0.39, 0.29) is 35.5 Å². The lowest BCUT2D eigenvalue weighted by atomic mass is 9.97. The number of aliphatic imine (C=N–C) groups is 1. The summed E-state index contributed by atoms with van der Waals surface area (Å²) in [4.78, 5) is 4.64. The third kappa shape index (κ3) is 10.7. The molecule has 0 spiro atoms. The van der Waals surface area contributed by atoms with E-state index in [0.717, 1.165) is 23.9 Å². The molecule has 0 bridgehead atoms. The zero-order valence-corrected chi connectivity index (χ0v) is 20.5. The van der Waals surface area contributed by atoms with Crippen LogP contribution in [0, 0.1) is 5.92 Å². The molecule has 1 aromatic rings. The van der Waals surface area contributed by atoms with Gasteiger partial charge in [-0.3, -0.25) is 4.99 Å². The molecule has 0 amide bonds. The van der Waals surface area contributed by atoms with E-state index in [9.17, 15) is 8.42 Å². The SMILES string of the molecule is CCNC(=NCC(CC)Cc1cccc(Br)c1)NCCS(=O)(=O)CC.I. The molecule has 5 nitrogen and oxygen atoms in total. The fourth-order valence-corrected chi connectivity index (χ4v) is 3.52. The molecular weight excluding hydrogens is 529 g/mol. The summed E-state index contributed by atoms with van der Waals surface area (Å²) >= 11 is 3.51. The van der Waals surface area contributed by atoms with Crippen molar-refractivity contribution >= 4 is 55.7 Å². The Kier molecular flexibility index (Phi) is 13.6. The van der Waals surface area contributed by atoms with Crippen molar-refractivity contribution in [3.63, 3.8) is 0 Å². The number of sulfone groups is 1. The monoisotopic (exact) mass is 559 g/mol. The summed E-state index contributed by atoms with van der Waals surface area (Å²) in [7, 11) is -2.96. The molecule has 0 fully saturated rings. The van der Waals surface area contributed by atoms with E-state index in [1.807, 2.05) is 13.0 Å². The van der Waals surface area contributed by atoms with Gasteiger partial charge < -0.3 is 10.6 Å². The lowest BCUT2D eigenvalue weighted by Crippen LogP contribution is -2.40. The van der Waals surface area contributed by atoms with Crippen LogP contribution in [-0.2, 0) is 16.3 Å². The molecule has 1 atom stereocenters. The van der Waals surface area contributed by atoms with Crippen LogP contribution >= 0.6 is 39.9 Å². The maximum absolute atomic E-state index is 11.6. The van der Waals surface area contributed by atoms with Gasteiger partial charge in [-0.1, -0.05) is 48.3 Å². The molecule has 0 aromatic heterocycles. The molecule has 0 saturated heterocycles. The van der Waals surface area contributed by atoms with Crippen molar-refractivity contribution in [2.75, 3.05) is 31.1 Å². The Balaban J connectivity index is 0.00000625. The fourth-order valence-electron chi connectivity index (χ4n) is 2.37. The van der Waals surface area contributed by atoms with Gasteiger partial charge in [-0.25, -0.2) is 8.42 Å². The molecule has 150 valence electrons. The first-order valence-electron chi connectivity index (χ1n) is 8.87. The summed E-state index contributed by atoms with van der Waals surface area (Å²) < 4.78 is 24.2. The number of nitrogens with one attached hydrogen (secondary N) is 2. The van der Waals surface area contributed by atoms with E-state index >= 15 is 0 Å². The van der Waals surface area contributed by atoms with Gasteiger partial charge in [0, 0.05) is 29.9 Å². The van der Waals surface area contributed by atoms with Crippen LogP contribution in [0.15, 0.2) is 33.7 Å². The molecule has 26 heavy (non-hydrogen) atoms. The first kappa shape index (κ1) is 25.6. The van der Waals surface area contributed by atoms with Crippen LogP contribution in [0.25, 0.3) is 0 Å². The topological polar surface area (TPSA) is 70.6 Å². The normalized spacial score (nSPS) is 13.0. The van der Waals surface area contributed by atoms with Gasteiger partial charge >= 0.3 is 0 Å². The Morgan fingerprint density at radius 3 is 2.54 bits per heavy atom. The molecule has 2 N–H and O–H groups in total. The molecule has 1 rings (SSSR count). The highest BCUT2D eigenvalue weighted by Crippen LogP contribution is 2.17. The van der Waals surface area contributed by atoms with Gasteiger partial charge in [-0.05, 0) is 37.0 Å². The summed E-state index contributed by atoms with van der Waals surface area (Å²) in [6.45, 7) is 7.67. The third-order valence-electron chi connectivity index (χ3n) is 3.99. The number of hydrogen-bond acceptors (Lipinski definition) is 3. The highest BCUT2D eigenvalue weighted by molar-refractivity contribution is 14.0. The van der Waals surface area contributed by atoms with Crippen molar-refractivity contribution in [2.24, 2.45) is 10.9 Å². The average molecular weight is 560 g/mol. The summed E-state index contributed by atoms with van der Waals surface area (Å²) in [5.41, 5.74) is 1.29. The lowest BCUT2D eigenvalue weighted by Gasteiger charge is -2.15. The van der Waals surface area contributed by atoms with Crippen LogP contribution in [0.4, 0.5) is 0 Å². The van der Waals surface area contributed by atoms with Crippen molar-refractivity contribution in [3.8, 4) is 0 Å². The Labute approximate surface area is 183 Å². The standard InChI is InChI=1S/C18H30BrN3O2S.HI/c1-4-15(12-16-8-7-9-17(19)13-16)14-22-18(20-5-2)21-10-11-25(23,24)6-3;/h7-9,13,15H,4-6,10-12,14H2,1-3H3,(H2,20,21,22);1H. The summed E-state index contributed by atoms with van der Waals surface area (Å²) in [5, 5.41) is 6.29. The van der Waals surface area contributed by atoms with E-state index in [0.29, 0.717) is 25.0 Å². The van der Waals surface area contributed by atoms with Crippen LogP contribution in [0.5, 0.6) is 0 Å². The molecule has 0 saturated carbocycles. The second kappa shape index (κ2) is 13.8. The van der Waals surface area contributed by atoms with Gasteiger partial charge in [0.1, 0.15) is 0 Å². The maximum Gasteiger partial charge on any atom is 0.191 e. The van der Waals surface area contributed by atoms with Crippen molar-refractivity contribution < 1.29 is 8.42 Å². The quantitative estimate of drug-likeness (QED) is 0.261. The Hall–Kier alpha value is -0.350. The molecular formula is C18H31BrIN3O2S. The summed E-state index contributed by atoms with van der Waals surface area (Å²) in [6.07, 6.45) is 2.02. The maximum atomic E-state index is 11.6. The van der Waals surface area contributed by atoms with Crippen molar-refractivity contribution in [1.82, 2.24) is 10.6 Å². The van der Waals surface area contributed by atoms with E-state index in [2.05, 4.69) is 56.7 Å². The molecule has 1 unspecified atom stereocenters. The largest absolute Gasteiger partial charge is 0.357 e. The van der Waals surface area contributed by atoms with Gasteiger partial charge in [-0.2, -0.15) is 0 Å². The third-order valence-corrected chi connectivity index (χ3v) is 6.19. The Bertz CT molecular complexity index is 654. The van der Waals surface area contributed by atoms with Gasteiger partial charge in [0.15, 0.2) is 15.8 Å². The lowest BCUT2D eigenvalue weighted by molar-refractivity contribution is 0.517. The van der Waals surface area contributed by atoms with Crippen molar-refractivity contribution in [3.05, 3.63) is 34.3 Å². The number of halogens is 2. The van der Waals surface area contributed by atoms with Gasteiger partial charge in [0.05, 0.1) is 5.75 Å². The van der Waals surface area contributed by atoms with E-state index in [4.69, 9.17) is 0 Å². The fraction of sp³-hybridized carbons (Fsp3) is 0.611. The zero-order valence-electron chi connectivity index (χ0n) is 15.8. The number of guanidine groups is 1. The predicted octanol–water partition coefficient (Wildman–Crippen LogP) is 3.63. The van der Waals surface area contributed by atoms with Crippen LogP contribution in [0.2, 0.25) is 0 Å². The second-order valence-electron chi connectivity index (χ2n) is 5.99. The molecule has 0 aliphatic rings. The predicted molar refractivity (Wildman–Crippen MR) is 125 cm³/mol. The Morgan fingerprint density at radius 1 is 1.23 bits per heavy atom. The van der Waals surface area contributed by atoms with Crippen molar-refractivity contribution in [1.29, 1.82) is 0 Å². The molecule has 0 heterocycles. The summed E-state index contributed by atoms with van der Waals surface area (Å²) in [6, 6.07) is 8.36. The minimum absolute atomic E-state index is 0. The number of rotatable bonds is 10. The second-order valence-corrected chi connectivity index (χ2v) is 9.38. The molecule has 8 heteroatoms. The number of nitrogens with zero attached hydrogens (tertiary/aromatic N) is 1. The highest BCUT2D eigenvalue weighted by atomic mass is 127.